The largest absolute Gasteiger partial charge is 0.438 e. The van der Waals surface area contributed by atoms with Crippen LogP contribution in [0.2, 0.25) is 0 Å². The minimum absolute atomic E-state index is 0.113. The first-order valence-corrected chi connectivity index (χ1v) is 12.9. The third-order valence-corrected chi connectivity index (χ3v) is 7.06. The normalized spacial score (nSPS) is 16.8. The summed E-state index contributed by atoms with van der Waals surface area (Å²) in [6, 6.07) is 10.1. The van der Waals surface area contributed by atoms with Crippen molar-refractivity contribution < 1.29 is 18.7 Å². The van der Waals surface area contributed by atoms with Crippen molar-refractivity contribution in [2.75, 3.05) is 51.3 Å². The van der Waals surface area contributed by atoms with Gasteiger partial charge in [-0.05, 0) is 62.1 Å². The quantitative estimate of drug-likeness (QED) is 0.526. The van der Waals surface area contributed by atoms with Crippen molar-refractivity contribution in [3.05, 3.63) is 52.8 Å². The number of nitriles is 1. The number of aryl methyl sites for hydroxylation is 2. The van der Waals surface area contributed by atoms with Gasteiger partial charge in [0.15, 0.2) is 0 Å². The Kier molecular flexibility index (Phi) is 7.67. The number of piperidine rings is 1. The third-order valence-electron chi connectivity index (χ3n) is 7.06. The zero-order chi connectivity index (χ0) is 26.6. The fraction of sp³-hybridized carbons (Fsp3) is 0.429. The third kappa shape index (κ3) is 5.85. The van der Waals surface area contributed by atoms with E-state index in [4.69, 9.17) is 9.47 Å². The molecule has 2 aromatic carbocycles. The maximum atomic E-state index is 14.1. The first kappa shape index (κ1) is 25.8. The number of fused-ring (bicyclic) bond motifs is 1. The Balaban J connectivity index is 1.30. The molecular formula is C28H31FN6O3. The Morgan fingerprint density at radius 2 is 1.84 bits per heavy atom. The number of rotatable bonds is 6. The lowest BCUT2D eigenvalue weighted by atomic mass is 10.1. The maximum absolute atomic E-state index is 14.1. The van der Waals surface area contributed by atoms with Gasteiger partial charge >= 0.3 is 0 Å². The van der Waals surface area contributed by atoms with E-state index >= 15 is 0 Å². The number of morpholine rings is 1. The molecule has 3 heterocycles. The molecule has 198 valence electrons. The molecule has 2 fully saturated rings. The summed E-state index contributed by atoms with van der Waals surface area (Å²) in [6.07, 6.45) is 1.65. The highest BCUT2D eigenvalue weighted by Gasteiger charge is 2.25. The summed E-state index contributed by atoms with van der Waals surface area (Å²) in [4.78, 5) is 25.9. The van der Waals surface area contributed by atoms with Crippen molar-refractivity contribution in [2.45, 2.75) is 32.7 Å². The van der Waals surface area contributed by atoms with Crippen LogP contribution in [0.4, 0.5) is 10.3 Å². The molecule has 0 unspecified atom stereocenters. The van der Waals surface area contributed by atoms with E-state index in [1.807, 2.05) is 18.7 Å². The molecule has 9 nitrogen and oxygen atoms in total. The zero-order valence-electron chi connectivity index (χ0n) is 21.7. The molecule has 10 heteroatoms. The van der Waals surface area contributed by atoms with Crippen molar-refractivity contribution in [2.24, 2.45) is 0 Å². The number of halogens is 1. The number of aromatic nitrogens is 2. The van der Waals surface area contributed by atoms with E-state index in [0.717, 1.165) is 37.1 Å². The van der Waals surface area contributed by atoms with Crippen LogP contribution < -0.4 is 10.1 Å². The summed E-state index contributed by atoms with van der Waals surface area (Å²) >= 11 is 0. The van der Waals surface area contributed by atoms with Gasteiger partial charge in [-0.1, -0.05) is 0 Å². The molecule has 0 spiro atoms. The van der Waals surface area contributed by atoms with Gasteiger partial charge in [0.05, 0.1) is 42.3 Å². The fourth-order valence-electron chi connectivity index (χ4n) is 5.01. The first-order chi connectivity index (χ1) is 18.4. The van der Waals surface area contributed by atoms with Crippen LogP contribution in [0, 0.1) is 31.0 Å². The van der Waals surface area contributed by atoms with Crippen LogP contribution in [-0.4, -0.2) is 77.7 Å². The molecule has 0 saturated carbocycles. The van der Waals surface area contributed by atoms with Gasteiger partial charge in [0, 0.05) is 38.3 Å². The standard InChI is InChI=1S/C28H31FN6O3/c1-18-13-20(16-30)14-19(2)26(18)38-27-23-4-3-21(29)15-24(23)32-28(33-27)31-22-5-7-34(8-6-22)17-25(36)35-9-11-37-12-10-35/h3-4,13-15,22H,5-12,17H2,1-2H3,(H,31,32,33). The number of nitrogens with zero attached hydrogens (tertiary/aromatic N) is 5. The minimum Gasteiger partial charge on any atom is -0.438 e. The highest BCUT2D eigenvalue weighted by molar-refractivity contribution is 5.85. The van der Waals surface area contributed by atoms with E-state index in [-0.39, 0.29) is 11.9 Å². The Labute approximate surface area is 221 Å². The molecular weight excluding hydrogens is 487 g/mol. The number of amides is 1. The Morgan fingerprint density at radius 1 is 1.13 bits per heavy atom. The van der Waals surface area contributed by atoms with Gasteiger partial charge in [-0.2, -0.15) is 10.2 Å². The highest BCUT2D eigenvalue weighted by Crippen LogP contribution is 2.34. The Morgan fingerprint density at radius 3 is 2.53 bits per heavy atom. The molecule has 1 aromatic heterocycles. The topological polar surface area (TPSA) is 104 Å². The summed E-state index contributed by atoms with van der Waals surface area (Å²) < 4.78 is 25.7. The van der Waals surface area contributed by atoms with Gasteiger partial charge in [0.2, 0.25) is 17.7 Å². The lowest BCUT2D eigenvalue weighted by molar-refractivity contribution is -0.136. The van der Waals surface area contributed by atoms with Crippen molar-refractivity contribution in [3.8, 4) is 17.7 Å². The second kappa shape index (κ2) is 11.3. The van der Waals surface area contributed by atoms with Crippen molar-refractivity contribution in [1.82, 2.24) is 19.8 Å². The van der Waals surface area contributed by atoms with Gasteiger partial charge in [-0.15, -0.1) is 0 Å². The van der Waals surface area contributed by atoms with E-state index in [9.17, 15) is 14.4 Å². The van der Waals surface area contributed by atoms with Crippen LogP contribution in [0.1, 0.15) is 29.5 Å². The molecule has 3 aromatic rings. The van der Waals surface area contributed by atoms with E-state index < -0.39 is 5.82 Å². The van der Waals surface area contributed by atoms with Gasteiger partial charge in [0.25, 0.3) is 0 Å². The molecule has 5 rings (SSSR count). The maximum Gasteiger partial charge on any atom is 0.236 e. The lowest BCUT2D eigenvalue weighted by Crippen LogP contribution is -2.48. The van der Waals surface area contributed by atoms with Crippen LogP contribution in [0.15, 0.2) is 30.3 Å². The number of benzene rings is 2. The molecule has 38 heavy (non-hydrogen) atoms. The smallest absolute Gasteiger partial charge is 0.236 e. The number of likely N-dealkylation sites (tertiary alicyclic amines) is 1. The van der Waals surface area contributed by atoms with E-state index in [1.165, 1.54) is 12.1 Å². The van der Waals surface area contributed by atoms with Crippen LogP contribution in [0.5, 0.6) is 11.6 Å². The zero-order valence-corrected chi connectivity index (χ0v) is 21.7. The number of hydrogen-bond donors (Lipinski definition) is 1. The fourth-order valence-corrected chi connectivity index (χ4v) is 5.01. The predicted octanol–water partition coefficient (Wildman–Crippen LogP) is 3.78. The molecule has 1 N–H and O–H groups in total. The van der Waals surface area contributed by atoms with Crippen LogP contribution in [-0.2, 0) is 9.53 Å². The van der Waals surface area contributed by atoms with Gasteiger partial charge in [-0.25, -0.2) is 9.37 Å². The van der Waals surface area contributed by atoms with Crippen molar-refractivity contribution in [3.63, 3.8) is 0 Å². The molecule has 0 bridgehead atoms. The molecule has 0 aliphatic carbocycles. The van der Waals surface area contributed by atoms with Crippen LogP contribution in [0.3, 0.4) is 0 Å². The summed E-state index contributed by atoms with van der Waals surface area (Å²) in [7, 11) is 0. The molecule has 2 aliphatic rings. The molecule has 0 radical (unpaired) electrons. The van der Waals surface area contributed by atoms with E-state index in [0.29, 0.717) is 66.9 Å². The Bertz CT molecular complexity index is 1350. The lowest BCUT2D eigenvalue weighted by Gasteiger charge is -2.34. The number of nitrogens with one attached hydrogen (secondary N) is 1. The average Bonchev–Trinajstić information content (AvgIpc) is 2.91. The molecule has 0 atom stereocenters. The average molecular weight is 519 g/mol. The van der Waals surface area contributed by atoms with Crippen molar-refractivity contribution >= 4 is 22.8 Å². The monoisotopic (exact) mass is 518 g/mol. The summed E-state index contributed by atoms with van der Waals surface area (Å²) in [5.74, 6) is 1.05. The second-order valence-corrected chi connectivity index (χ2v) is 9.85. The number of anilines is 1. The Hall–Kier alpha value is -3.81. The molecule has 2 saturated heterocycles. The number of ether oxygens (including phenoxy) is 2. The van der Waals surface area contributed by atoms with Crippen LogP contribution in [0.25, 0.3) is 10.9 Å². The first-order valence-electron chi connectivity index (χ1n) is 12.9. The number of hydrogen-bond acceptors (Lipinski definition) is 8. The number of carbonyl (C=O) groups is 1. The second-order valence-electron chi connectivity index (χ2n) is 9.85. The summed E-state index contributed by atoms with van der Waals surface area (Å²) in [6.45, 7) is 8.25. The number of carbonyl (C=O) groups excluding carboxylic acids is 1. The molecule has 2 aliphatic heterocycles. The summed E-state index contributed by atoms with van der Waals surface area (Å²) in [5.41, 5.74) is 2.62. The minimum atomic E-state index is -0.392. The van der Waals surface area contributed by atoms with E-state index in [2.05, 4.69) is 26.3 Å². The highest BCUT2D eigenvalue weighted by atomic mass is 19.1. The van der Waals surface area contributed by atoms with Gasteiger partial charge < -0.3 is 19.7 Å². The SMILES string of the molecule is Cc1cc(C#N)cc(C)c1Oc1nc(NC2CCN(CC(=O)N3CCOCC3)CC2)nc2cc(F)ccc12. The van der Waals surface area contributed by atoms with Gasteiger partial charge in [-0.3, -0.25) is 9.69 Å². The van der Waals surface area contributed by atoms with Crippen LogP contribution >= 0.6 is 0 Å². The summed E-state index contributed by atoms with van der Waals surface area (Å²) in [5, 5.41) is 13.3. The van der Waals surface area contributed by atoms with E-state index in [1.54, 1.807) is 18.2 Å². The van der Waals surface area contributed by atoms with Crippen molar-refractivity contribution in [1.29, 1.82) is 5.26 Å². The molecule has 1 amide bonds. The predicted molar refractivity (Wildman–Crippen MR) is 141 cm³/mol. The van der Waals surface area contributed by atoms with Gasteiger partial charge in [0.1, 0.15) is 11.6 Å².